The molecule has 25 heteroatoms. The van der Waals surface area contributed by atoms with Gasteiger partial charge in [-0.05, 0) is 80.8 Å². The van der Waals surface area contributed by atoms with Crippen molar-refractivity contribution in [3.63, 3.8) is 0 Å². The first-order valence-corrected chi connectivity index (χ1v) is 22.3. The zero-order chi connectivity index (χ0) is 47.1. The summed E-state index contributed by atoms with van der Waals surface area (Å²) in [5.74, 6) is -3.85. The van der Waals surface area contributed by atoms with Crippen molar-refractivity contribution in [3.05, 3.63) is 104 Å². The Balaban J connectivity index is 0.000000269. The average Bonchev–Trinajstić information content (AvgIpc) is 3.89. The van der Waals surface area contributed by atoms with Crippen LogP contribution in [-0.2, 0) is 41.1 Å². The molecule has 4 aromatic rings. The number of carboxylic acids is 2. The molecule has 2 unspecified atom stereocenters. The van der Waals surface area contributed by atoms with Crippen molar-refractivity contribution in [2.45, 2.75) is 61.5 Å². The summed E-state index contributed by atoms with van der Waals surface area (Å²) < 4.78 is 126. The number of ketones is 1. The maximum Gasteiger partial charge on any atom is 0.416 e. The predicted octanol–water partition coefficient (Wildman–Crippen LogP) is 8.33. The summed E-state index contributed by atoms with van der Waals surface area (Å²) in [6.07, 6.45) is -7.10. The predicted molar refractivity (Wildman–Crippen MR) is 208 cm³/mol. The highest BCUT2D eigenvalue weighted by atomic mass is 35.5. The second kappa shape index (κ2) is 20.5. The fraction of sp³-hybridized carbons (Fsp3) is 0.324. The molecule has 0 spiro atoms. The number of nitrogens with two attached hydrogens (primary N) is 1. The van der Waals surface area contributed by atoms with Crippen LogP contribution in [0.3, 0.4) is 0 Å². The van der Waals surface area contributed by atoms with Crippen LogP contribution in [0.1, 0.15) is 75.3 Å². The number of rotatable bonds is 13. The molecule has 0 aliphatic heterocycles. The molecular weight excluding hydrogens is 928 g/mol. The molecule has 338 valence electrons. The summed E-state index contributed by atoms with van der Waals surface area (Å²) in [5.41, 5.74) is 2.60. The van der Waals surface area contributed by atoms with E-state index in [1.165, 1.54) is 25.0 Å². The van der Waals surface area contributed by atoms with Crippen LogP contribution >= 0.6 is 30.6 Å². The van der Waals surface area contributed by atoms with Crippen LogP contribution in [0.5, 0.6) is 11.5 Å². The number of sulfone groups is 1. The molecule has 0 bridgehead atoms. The second-order valence-corrected chi connectivity index (χ2v) is 18.8. The Morgan fingerprint density at radius 2 is 1.48 bits per heavy atom. The van der Waals surface area contributed by atoms with Crippen LogP contribution < -0.4 is 10.5 Å². The topological polar surface area (TPSA) is 251 Å². The lowest BCUT2D eigenvalue weighted by molar-refractivity contribution is -0.146. The maximum atomic E-state index is 12.8. The number of benzene rings is 3. The maximum absolute atomic E-state index is 12.8. The van der Waals surface area contributed by atoms with Crippen molar-refractivity contribution in [1.82, 2.24) is 5.16 Å². The molecule has 5 rings (SSSR count). The number of alkyl halides is 6. The zero-order valence-electron chi connectivity index (χ0n) is 32.2. The minimum Gasteiger partial charge on any atom is -0.480 e. The van der Waals surface area contributed by atoms with Crippen LogP contribution in [0.2, 0.25) is 10.0 Å². The third-order valence-electron chi connectivity index (χ3n) is 8.19. The molecule has 1 aliphatic carbocycles. The Hall–Kier alpha value is -4.99. The molecule has 62 heavy (non-hydrogen) atoms. The number of hydrogen-bond acceptors (Lipinski definition) is 12. The normalized spacial score (nSPS) is 14.7. The van der Waals surface area contributed by atoms with Crippen molar-refractivity contribution >= 4 is 64.1 Å². The van der Waals surface area contributed by atoms with Crippen molar-refractivity contribution in [2.75, 3.05) is 19.1 Å². The number of carbonyl (C=O) groups excluding carboxylic acids is 2. The molecule has 15 nitrogen and oxygen atoms in total. The van der Waals surface area contributed by atoms with E-state index in [4.69, 9.17) is 58.0 Å². The smallest absolute Gasteiger partial charge is 0.416 e. The van der Waals surface area contributed by atoms with Gasteiger partial charge in [0.15, 0.2) is 34.9 Å². The van der Waals surface area contributed by atoms with Gasteiger partial charge in [0.1, 0.15) is 17.5 Å². The van der Waals surface area contributed by atoms with E-state index in [9.17, 15) is 58.5 Å². The van der Waals surface area contributed by atoms with E-state index in [2.05, 4.69) is 5.16 Å². The summed E-state index contributed by atoms with van der Waals surface area (Å²) in [4.78, 5) is 53.7. The van der Waals surface area contributed by atoms with Crippen molar-refractivity contribution in [2.24, 2.45) is 5.73 Å². The first kappa shape index (κ1) is 51.4. The third-order valence-corrected chi connectivity index (χ3v) is 11.0. The van der Waals surface area contributed by atoms with Gasteiger partial charge in [0.25, 0.3) is 0 Å². The van der Waals surface area contributed by atoms with E-state index < -0.39 is 81.4 Å². The Kier molecular flexibility index (Phi) is 17.0. The summed E-state index contributed by atoms with van der Waals surface area (Å²) in [5, 5.41) is 20.3. The summed E-state index contributed by atoms with van der Waals surface area (Å²) in [6, 6.07) is 7.35. The summed E-state index contributed by atoms with van der Waals surface area (Å²) in [7, 11) is -7.14. The van der Waals surface area contributed by atoms with Gasteiger partial charge in [-0.3, -0.25) is 14.2 Å². The monoisotopic (exact) mass is 962 g/mol. The van der Waals surface area contributed by atoms with Gasteiger partial charge in [-0.15, -0.1) is 0 Å². The SMILES string of the molecule is CP(=O)(O)CCC(N)C(=O)O.CS(=O)(=O)c1cc(C(F)(F)F)ccc1C(=O)c1cnoc1C1CC1.C[C@H](OC(=O)c1cc(Oc2ccc(C(F)(F)F)cc2Cl)ccc1Cl)C(=O)O. The van der Waals surface area contributed by atoms with Crippen molar-refractivity contribution < 1.29 is 87.6 Å². The van der Waals surface area contributed by atoms with Crippen LogP contribution in [-0.4, -0.2) is 83.6 Å². The highest BCUT2D eigenvalue weighted by Crippen LogP contribution is 2.43. The van der Waals surface area contributed by atoms with E-state index >= 15 is 0 Å². The quantitative estimate of drug-likeness (QED) is 0.0425. The molecule has 0 radical (unpaired) electrons. The van der Waals surface area contributed by atoms with Crippen LogP contribution in [0.15, 0.2) is 70.2 Å². The number of aliphatic carboxylic acids is 2. The number of aromatic nitrogens is 1. The van der Waals surface area contributed by atoms with Crippen LogP contribution in [0, 0.1) is 0 Å². The fourth-order valence-corrected chi connectivity index (χ4v) is 6.86. The van der Waals surface area contributed by atoms with Crippen molar-refractivity contribution in [1.29, 1.82) is 0 Å². The number of ether oxygens (including phenoxy) is 2. The van der Waals surface area contributed by atoms with Gasteiger partial charge in [0.05, 0.1) is 43.4 Å². The lowest BCUT2D eigenvalue weighted by atomic mass is 10.0. The van der Waals surface area contributed by atoms with Gasteiger partial charge in [-0.2, -0.15) is 26.3 Å². The molecule has 3 aromatic carbocycles. The number of esters is 1. The largest absolute Gasteiger partial charge is 0.480 e. The minimum absolute atomic E-state index is 0.0246. The summed E-state index contributed by atoms with van der Waals surface area (Å²) >= 11 is 11.7. The molecule has 3 atom stereocenters. The van der Waals surface area contributed by atoms with Gasteiger partial charge < -0.3 is 34.8 Å². The highest BCUT2D eigenvalue weighted by Gasteiger charge is 2.36. The van der Waals surface area contributed by atoms with Gasteiger partial charge in [0.2, 0.25) is 0 Å². The van der Waals surface area contributed by atoms with Crippen LogP contribution in [0.25, 0.3) is 0 Å². The number of nitrogens with zero attached hydrogens (tertiary/aromatic N) is 1. The van der Waals surface area contributed by atoms with E-state index in [0.717, 1.165) is 50.3 Å². The Labute approximate surface area is 358 Å². The minimum atomic E-state index is -4.71. The first-order valence-electron chi connectivity index (χ1n) is 17.4. The van der Waals surface area contributed by atoms with Gasteiger partial charge in [-0.1, -0.05) is 28.4 Å². The molecule has 0 amide bonds. The molecule has 1 fully saturated rings. The molecule has 1 aliphatic rings. The lowest BCUT2D eigenvalue weighted by Gasteiger charge is -2.13. The molecule has 5 N–H and O–H groups in total. The average molecular weight is 964 g/mol. The standard InChI is InChI=1S/C17H11Cl2F3O5.C15H12F3NO4S.C5H12NO4P/c1-8(15(23)24)26-16(25)11-7-10(3-4-12(11)18)27-14-5-2-9(6-13(14)19)17(20,21)22;1-24(21,22)12-6-9(15(16,17)18)4-5-10(12)13(20)11-7-19-23-14(11)8-2-3-8;1-11(9,10)3-2-4(6)5(7)8/h2-8H,1H3,(H,23,24);4-8H,2-3H2,1H3;4H,2-3,6H2,1H3,(H,7,8)(H,9,10)/t8-;;/m0../s1. The molecule has 0 saturated heterocycles. The molecule has 1 heterocycles. The number of carboxylic acid groups (broad SMARTS) is 2. The fourth-order valence-electron chi connectivity index (χ4n) is 4.78. The Morgan fingerprint density at radius 3 is 1.98 bits per heavy atom. The number of carbonyl (C=O) groups is 4. The van der Waals surface area contributed by atoms with E-state index in [0.29, 0.717) is 24.0 Å². The lowest BCUT2D eigenvalue weighted by Crippen LogP contribution is -2.30. The molecule has 1 saturated carbocycles. The van der Waals surface area contributed by atoms with Gasteiger partial charge in [-0.25, -0.2) is 18.0 Å². The van der Waals surface area contributed by atoms with Crippen molar-refractivity contribution in [3.8, 4) is 11.5 Å². The van der Waals surface area contributed by atoms with Crippen LogP contribution in [0.4, 0.5) is 26.3 Å². The zero-order valence-corrected chi connectivity index (χ0v) is 35.4. The number of halogens is 8. The summed E-state index contributed by atoms with van der Waals surface area (Å²) in [6.45, 7) is 2.35. The molecular formula is C37H35Cl2F6N2O13PS. The van der Waals surface area contributed by atoms with E-state index in [-0.39, 0.29) is 56.7 Å². The molecule has 1 aromatic heterocycles. The van der Waals surface area contributed by atoms with Gasteiger partial charge in [0, 0.05) is 30.6 Å². The first-order chi connectivity index (χ1) is 28.4. The highest BCUT2D eigenvalue weighted by molar-refractivity contribution is 7.90. The van der Waals surface area contributed by atoms with Gasteiger partial charge >= 0.3 is 30.3 Å². The number of hydrogen-bond donors (Lipinski definition) is 4. The Bertz CT molecular complexity index is 2470. The Morgan fingerprint density at radius 1 is 0.903 bits per heavy atom. The van der Waals surface area contributed by atoms with E-state index in [1.807, 2.05) is 0 Å². The van der Waals surface area contributed by atoms with E-state index in [1.54, 1.807) is 0 Å². The second-order valence-electron chi connectivity index (χ2n) is 13.5. The third kappa shape index (κ3) is 15.1.